The molecule has 1 fully saturated rings. The number of halogens is 3. The maximum absolute atomic E-state index is 13.4. The molecule has 2 heterocycles. The van der Waals surface area contributed by atoms with E-state index in [1.807, 2.05) is 10.3 Å². The first kappa shape index (κ1) is 21.4. The van der Waals surface area contributed by atoms with Gasteiger partial charge in [0, 0.05) is 42.5 Å². The van der Waals surface area contributed by atoms with E-state index in [9.17, 15) is 17.2 Å². The van der Waals surface area contributed by atoms with Crippen LogP contribution >= 0.6 is 27.3 Å². The maximum Gasteiger partial charge on any atom is 0.243 e. The molecule has 1 saturated heterocycles. The van der Waals surface area contributed by atoms with Gasteiger partial charge in [-0.05, 0) is 35.9 Å². The van der Waals surface area contributed by atoms with Gasteiger partial charge < -0.3 is 4.90 Å². The lowest BCUT2D eigenvalue weighted by Crippen LogP contribution is -2.48. The zero-order valence-corrected chi connectivity index (χ0v) is 19.0. The lowest BCUT2D eigenvalue weighted by Gasteiger charge is -2.33. The van der Waals surface area contributed by atoms with Gasteiger partial charge in [-0.1, -0.05) is 28.1 Å². The molecule has 0 saturated carbocycles. The molecule has 0 amide bonds. The van der Waals surface area contributed by atoms with Gasteiger partial charge in [-0.2, -0.15) is 4.31 Å². The predicted octanol–water partition coefficient (Wildman–Crippen LogP) is 4.29. The van der Waals surface area contributed by atoms with Crippen LogP contribution < -0.4 is 4.90 Å². The van der Waals surface area contributed by atoms with Crippen LogP contribution in [0.25, 0.3) is 0 Å². The summed E-state index contributed by atoms with van der Waals surface area (Å²) in [7, 11) is -3.54. The van der Waals surface area contributed by atoms with Crippen molar-refractivity contribution in [2.45, 2.75) is 11.3 Å². The summed E-state index contributed by atoms with van der Waals surface area (Å²) in [5.41, 5.74) is 1.42. The van der Waals surface area contributed by atoms with Gasteiger partial charge in [0.1, 0.15) is 0 Å². The molecule has 5 nitrogen and oxygen atoms in total. The Bertz CT molecular complexity index is 1160. The molecule has 2 aromatic carbocycles. The van der Waals surface area contributed by atoms with Crippen molar-refractivity contribution in [3.8, 4) is 0 Å². The standard InChI is InChI=1S/C20H18BrF2N3O2S2/c21-15-2-1-3-17(12-15)30(27,28)26-8-6-25(7-9-26)20-24-16(13-29-20)10-14-4-5-18(22)19(23)11-14/h1-5,11-13H,6-10H2. The molecule has 0 aliphatic carbocycles. The van der Waals surface area contributed by atoms with Gasteiger partial charge in [0.25, 0.3) is 0 Å². The van der Waals surface area contributed by atoms with Crippen molar-refractivity contribution in [2.75, 3.05) is 31.1 Å². The van der Waals surface area contributed by atoms with Crippen LogP contribution in [0.1, 0.15) is 11.3 Å². The van der Waals surface area contributed by atoms with E-state index in [4.69, 9.17) is 0 Å². The normalized spacial score (nSPS) is 15.5. The first-order valence-corrected chi connectivity index (χ1v) is 12.3. The Kier molecular flexibility index (Phi) is 6.19. The molecule has 1 aliphatic heterocycles. The van der Waals surface area contributed by atoms with Crippen molar-refractivity contribution in [1.82, 2.24) is 9.29 Å². The number of anilines is 1. The monoisotopic (exact) mass is 513 g/mol. The zero-order chi connectivity index (χ0) is 21.3. The van der Waals surface area contributed by atoms with Crippen LogP contribution in [0.5, 0.6) is 0 Å². The van der Waals surface area contributed by atoms with Crippen molar-refractivity contribution in [3.05, 3.63) is 75.2 Å². The van der Waals surface area contributed by atoms with Crippen LogP contribution in [-0.4, -0.2) is 43.9 Å². The summed E-state index contributed by atoms with van der Waals surface area (Å²) in [6, 6.07) is 10.5. The third-order valence-corrected chi connectivity index (χ3v) is 8.19. The van der Waals surface area contributed by atoms with Crippen molar-refractivity contribution in [3.63, 3.8) is 0 Å². The fourth-order valence-corrected chi connectivity index (χ4v) is 6.18. The molecule has 0 radical (unpaired) electrons. The topological polar surface area (TPSA) is 53.5 Å². The average molecular weight is 514 g/mol. The molecule has 0 unspecified atom stereocenters. The Morgan fingerprint density at radius 1 is 1.03 bits per heavy atom. The van der Waals surface area contributed by atoms with E-state index >= 15 is 0 Å². The summed E-state index contributed by atoms with van der Waals surface area (Å²) in [6.07, 6.45) is 0.408. The van der Waals surface area contributed by atoms with Crippen LogP contribution in [0.15, 0.2) is 57.2 Å². The summed E-state index contributed by atoms with van der Waals surface area (Å²) in [5, 5.41) is 2.69. The highest BCUT2D eigenvalue weighted by Crippen LogP contribution is 2.26. The Hall–Kier alpha value is -1.88. The molecule has 0 N–H and O–H groups in total. The van der Waals surface area contributed by atoms with E-state index in [-0.39, 0.29) is 4.90 Å². The molecule has 3 aromatic rings. The molecular weight excluding hydrogens is 496 g/mol. The number of hydrogen-bond acceptors (Lipinski definition) is 5. The number of rotatable bonds is 5. The average Bonchev–Trinajstić information content (AvgIpc) is 3.19. The van der Waals surface area contributed by atoms with Crippen LogP contribution in [0.4, 0.5) is 13.9 Å². The number of aromatic nitrogens is 1. The highest BCUT2D eigenvalue weighted by molar-refractivity contribution is 9.10. The van der Waals surface area contributed by atoms with Gasteiger partial charge >= 0.3 is 0 Å². The lowest BCUT2D eigenvalue weighted by atomic mass is 10.1. The van der Waals surface area contributed by atoms with Crippen LogP contribution in [0.2, 0.25) is 0 Å². The number of thiazole rings is 1. The Balaban J connectivity index is 1.40. The maximum atomic E-state index is 13.4. The highest BCUT2D eigenvalue weighted by atomic mass is 79.9. The number of nitrogens with zero attached hydrogens (tertiary/aromatic N) is 3. The predicted molar refractivity (Wildman–Crippen MR) is 116 cm³/mol. The highest BCUT2D eigenvalue weighted by Gasteiger charge is 2.29. The zero-order valence-electron chi connectivity index (χ0n) is 15.8. The SMILES string of the molecule is O=S(=O)(c1cccc(Br)c1)N1CCN(c2nc(Cc3ccc(F)c(F)c3)cs2)CC1. The molecule has 1 aliphatic rings. The molecule has 1 aromatic heterocycles. The van der Waals surface area contributed by atoms with Gasteiger partial charge in [0.15, 0.2) is 16.8 Å². The van der Waals surface area contributed by atoms with Gasteiger partial charge in [-0.25, -0.2) is 22.2 Å². The van der Waals surface area contributed by atoms with Gasteiger partial charge in [0.05, 0.1) is 10.6 Å². The van der Waals surface area contributed by atoms with Crippen molar-refractivity contribution >= 4 is 42.4 Å². The second kappa shape index (κ2) is 8.70. The summed E-state index contributed by atoms with van der Waals surface area (Å²) in [4.78, 5) is 6.91. The van der Waals surface area contributed by atoms with E-state index in [1.165, 1.54) is 21.7 Å². The van der Waals surface area contributed by atoms with E-state index in [0.717, 1.165) is 21.4 Å². The second-order valence-electron chi connectivity index (χ2n) is 6.90. The third-order valence-electron chi connectivity index (χ3n) is 4.85. The number of sulfonamides is 1. The third kappa shape index (κ3) is 4.56. The second-order valence-corrected chi connectivity index (χ2v) is 10.6. The van der Waals surface area contributed by atoms with E-state index in [0.29, 0.717) is 38.2 Å². The molecule has 158 valence electrons. The van der Waals surface area contributed by atoms with Gasteiger partial charge in [-0.15, -0.1) is 11.3 Å². The molecule has 10 heteroatoms. The number of benzene rings is 2. The summed E-state index contributed by atoms with van der Waals surface area (Å²) < 4.78 is 54.4. The van der Waals surface area contributed by atoms with Crippen LogP contribution in [0, 0.1) is 11.6 Å². The summed E-state index contributed by atoms with van der Waals surface area (Å²) in [5.74, 6) is -1.74. The quantitative estimate of drug-likeness (QED) is 0.510. The fraction of sp³-hybridized carbons (Fsp3) is 0.250. The van der Waals surface area contributed by atoms with Crippen molar-refractivity contribution in [1.29, 1.82) is 0 Å². The first-order chi connectivity index (χ1) is 14.3. The van der Waals surface area contributed by atoms with E-state index in [2.05, 4.69) is 20.9 Å². The molecule has 0 atom stereocenters. The molecule has 0 bridgehead atoms. The minimum absolute atomic E-state index is 0.272. The Morgan fingerprint density at radius 3 is 2.50 bits per heavy atom. The van der Waals surface area contributed by atoms with E-state index in [1.54, 1.807) is 30.3 Å². The minimum Gasteiger partial charge on any atom is -0.345 e. The summed E-state index contributed by atoms with van der Waals surface area (Å²) >= 11 is 4.78. The summed E-state index contributed by atoms with van der Waals surface area (Å²) in [6.45, 7) is 1.80. The molecule has 30 heavy (non-hydrogen) atoms. The largest absolute Gasteiger partial charge is 0.345 e. The van der Waals surface area contributed by atoms with Gasteiger partial charge in [0.2, 0.25) is 10.0 Å². The van der Waals surface area contributed by atoms with Crippen LogP contribution in [0.3, 0.4) is 0 Å². The molecule has 0 spiro atoms. The smallest absolute Gasteiger partial charge is 0.243 e. The van der Waals surface area contributed by atoms with Gasteiger partial charge in [-0.3, -0.25) is 0 Å². The Labute approximate surface area is 186 Å². The van der Waals surface area contributed by atoms with Crippen LogP contribution in [-0.2, 0) is 16.4 Å². The Morgan fingerprint density at radius 2 is 1.80 bits per heavy atom. The number of hydrogen-bond donors (Lipinski definition) is 0. The molecule has 4 rings (SSSR count). The lowest BCUT2D eigenvalue weighted by molar-refractivity contribution is 0.384. The molecular formula is C20H18BrF2N3O2S2. The van der Waals surface area contributed by atoms with Crippen molar-refractivity contribution in [2.24, 2.45) is 0 Å². The number of piperazine rings is 1. The van der Waals surface area contributed by atoms with E-state index < -0.39 is 21.7 Å². The van der Waals surface area contributed by atoms with Crippen molar-refractivity contribution < 1.29 is 17.2 Å². The fourth-order valence-electron chi connectivity index (χ4n) is 3.28. The first-order valence-electron chi connectivity index (χ1n) is 9.22. The minimum atomic E-state index is -3.54.